The first-order valence-electron chi connectivity index (χ1n) is 10.9. The van der Waals surface area contributed by atoms with Crippen LogP contribution in [0.25, 0.3) is 22.0 Å². The predicted octanol–water partition coefficient (Wildman–Crippen LogP) is 4.68. The summed E-state index contributed by atoms with van der Waals surface area (Å²) in [7, 11) is 0. The number of rotatable bonds is 2. The molecule has 11 heteroatoms. The summed E-state index contributed by atoms with van der Waals surface area (Å²) in [5.74, 6) is -0.292. The molecular formula is C23H21ClF2N4O3S. The van der Waals surface area contributed by atoms with Crippen LogP contribution in [0, 0.1) is 11.6 Å². The molecule has 0 bridgehead atoms. The van der Waals surface area contributed by atoms with Gasteiger partial charge in [-0.15, -0.1) is 11.8 Å². The van der Waals surface area contributed by atoms with Crippen LogP contribution in [0.3, 0.4) is 0 Å². The van der Waals surface area contributed by atoms with Crippen molar-refractivity contribution in [3.63, 3.8) is 0 Å². The molecule has 0 radical (unpaired) electrons. The molecular weight excluding hydrogens is 486 g/mol. The number of benzene rings is 2. The van der Waals surface area contributed by atoms with Crippen LogP contribution in [0.4, 0.5) is 19.4 Å². The summed E-state index contributed by atoms with van der Waals surface area (Å²) in [6, 6.07) is 4.82. The second kappa shape index (κ2) is 8.74. The zero-order valence-electron chi connectivity index (χ0n) is 18.2. The molecule has 1 N–H and O–H groups in total. The van der Waals surface area contributed by atoms with E-state index in [1.54, 1.807) is 10.6 Å². The van der Waals surface area contributed by atoms with E-state index in [1.165, 1.54) is 28.8 Å². The maximum absolute atomic E-state index is 14.8. The average molecular weight is 507 g/mol. The second-order valence-corrected chi connectivity index (χ2v) is 9.94. The zero-order valence-corrected chi connectivity index (χ0v) is 19.8. The SMILES string of the molecule is CC1CN(C(=O)O)CCN1c1nc(=O)n2c3c(c(-c4ccc(F)cc4F)c(Cl)cc13)SCCC2. The fraction of sp³-hybridized carbons (Fsp3) is 0.348. The quantitative estimate of drug-likeness (QED) is 0.544. The summed E-state index contributed by atoms with van der Waals surface area (Å²) in [5.41, 5.74) is 0.784. The topological polar surface area (TPSA) is 78.7 Å². The summed E-state index contributed by atoms with van der Waals surface area (Å²) < 4.78 is 30.0. The number of nitrogens with zero attached hydrogens (tertiary/aromatic N) is 4. The Bertz CT molecular complexity index is 1380. The number of hydrogen-bond donors (Lipinski definition) is 1. The van der Waals surface area contributed by atoms with Crippen molar-refractivity contribution in [2.75, 3.05) is 30.3 Å². The molecule has 178 valence electrons. The Labute approximate surface area is 202 Å². The Morgan fingerprint density at radius 1 is 1.24 bits per heavy atom. The smallest absolute Gasteiger partial charge is 0.407 e. The molecule has 1 saturated heterocycles. The first kappa shape index (κ1) is 22.9. The van der Waals surface area contributed by atoms with E-state index in [0.29, 0.717) is 52.4 Å². The number of piperazine rings is 1. The molecule has 0 aliphatic carbocycles. The molecule has 2 aliphatic rings. The maximum Gasteiger partial charge on any atom is 0.407 e. The lowest BCUT2D eigenvalue weighted by molar-refractivity contribution is 0.136. The van der Waals surface area contributed by atoms with E-state index in [9.17, 15) is 23.5 Å². The maximum atomic E-state index is 14.8. The van der Waals surface area contributed by atoms with Gasteiger partial charge in [0, 0.05) is 59.7 Å². The van der Waals surface area contributed by atoms with E-state index < -0.39 is 23.4 Å². The van der Waals surface area contributed by atoms with Crippen molar-refractivity contribution in [3.8, 4) is 11.1 Å². The second-order valence-electron chi connectivity index (χ2n) is 8.43. The molecule has 0 saturated carbocycles. The van der Waals surface area contributed by atoms with Gasteiger partial charge in [0.1, 0.15) is 17.5 Å². The third kappa shape index (κ3) is 3.78. The Kier molecular flexibility index (Phi) is 5.89. The van der Waals surface area contributed by atoms with Crippen molar-refractivity contribution in [1.29, 1.82) is 0 Å². The number of aryl methyl sites for hydroxylation is 1. The first-order valence-corrected chi connectivity index (χ1v) is 12.2. The van der Waals surface area contributed by atoms with Crippen molar-refractivity contribution in [1.82, 2.24) is 14.5 Å². The normalized spacial score (nSPS) is 18.3. The minimum Gasteiger partial charge on any atom is -0.465 e. The molecule has 5 rings (SSSR count). The molecule has 3 aromatic rings. The molecule has 2 aromatic carbocycles. The summed E-state index contributed by atoms with van der Waals surface area (Å²) >= 11 is 8.20. The van der Waals surface area contributed by atoms with Gasteiger partial charge in [0.2, 0.25) is 0 Å². The number of aromatic nitrogens is 2. The van der Waals surface area contributed by atoms with Gasteiger partial charge in [-0.2, -0.15) is 4.98 Å². The number of thioether (sulfide) groups is 1. The van der Waals surface area contributed by atoms with Crippen LogP contribution in [0.15, 0.2) is 34.0 Å². The molecule has 1 unspecified atom stereocenters. The zero-order chi connectivity index (χ0) is 24.1. The fourth-order valence-corrected chi connectivity index (χ4v) is 6.27. The average Bonchev–Trinajstić information content (AvgIpc) is 3.01. The molecule has 1 atom stereocenters. The minimum absolute atomic E-state index is 0.165. The molecule has 34 heavy (non-hydrogen) atoms. The molecule has 7 nitrogen and oxygen atoms in total. The predicted molar refractivity (Wildman–Crippen MR) is 128 cm³/mol. The highest BCUT2D eigenvalue weighted by Crippen LogP contribution is 2.46. The minimum atomic E-state index is -0.988. The van der Waals surface area contributed by atoms with Gasteiger partial charge >= 0.3 is 11.8 Å². The van der Waals surface area contributed by atoms with Crippen molar-refractivity contribution in [2.45, 2.75) is 30.8 Å². The monoisotopic (exact) mass is 506 g/mol. The van der Waals surface area contributed by atoms with Crippen molar-refractivity contribution >= 4 is 46.2 Å². The van der Waals surface area contributed by atoms with Crippen LogP contribution in [-0.4, -0.2) is 57.1 Å². The van der Waals surface area contributed by atoms with Crippen LogP contribution >= 0.6 is 23.4 Å². The number of carbonyl (C=O) groups is 1. The summed E-state index contributed by atoms with van der Waals surface area (Å²) in [6.07, 6.45) is -0.273. The molecule has 0 spiro atoms. The van der Waals surface area contributed by atoms with Crippen molar-refractivity contribution < 1.29 is 18.7 Å². The van der Waals surface area contributed by atoms with Gasteiger partial charge in [-0.1, -0.05) is 11.6 Å². The Balaban J connectivity index is 1.76. The van der Waals surface area contributed by atoms with Crippen molar-refractivity contribution in [2.24, 2.45) is 0 Å². The lowest BCUT2D eigenvalue weighted by Crippen LogP contribution is -2.54. The Hall–Kier alpha value is -2.85. The van der Waals surface area contributed by atoms with Crippen LogP contribution in [0.1, 0.15) is 13.3 Å². The summed E-state index contributed by atoms with van der Waals surface area (Å²) in [6.45, 7) is 3.26. The standard InChI is InChI=1S/C23H21ClF2N4O3S/c1-12-11-28(23(32)33)6-7-29(12)21-15-10-16(24)18(14-4-3-13(25)9-17(14)26)20-19(15)30(22(31)27-21)5-2-8-34-20/h3-4,9-10,12H,2,5-8,11H2,1H3,(H,32,33). The number of carboxylic acid groups (broad SMARTS) is 1. The number of anilines is 1. The molecule has 1 amide bonds. The fourth-order valence-electron chi connectivity index (χ4n) is 4.71. The van der Waals surface area contributed by atoms with E-state index in [-0.39, 0.29) is 29.7 Å². The van der Waals surface area contributed by atoms with E-state index in [1.807, 2.05) is 11.8 Å². The van der Waals surface area contributed by atoms with E-state index in [2.05, 4.69) is 4.98 Å². The number of hydrogen-bond acceptors (Lipinski definition) is 5. The molecule has 1 aromatic heterocycles. The summed E-state index contributed by atoms with van der Waals surface area (Å²) in [5, 5.41) is 10.3. The van der Waals surface area contributed by atoms with Crippen LogP contribution in [0.2, 0.25) is 5.02 Å². The van der Waals surface area contributed by atoms with Gasteiger partial charge in [-0.25, -0.2) is 18.4 Å². The molecule has 1 fully saturated rings. The largest absolute Gasteiger partial charge is 0.465 e. The highest BCUT2D eigenvalue weighted by atomic mass is 35.5. The highest BCUT2D eigenvalue weighted by molar-refractivity contribution is 7.99. The Morgan fingerprint density at radius 3 is 2.74 bits per heavy atom. The van der Waals surface area contributed by atoms with Crippen LogP contribution in [-0.2, 0) is 6.54 Å². The summed E-state index contributed by atoms with van der Waals surface area (Å²) in [4.78, 5) is 32.9. The molecule has 2 aliphatic heterocycles. The van der Waals surface area contributed by atoms with Gasteiger partial charge in [-0.05, 0) is 37.3 Å². The van der Waals surface area contributed by atoms with Crippen LogP contribution < -0.4 is 10.6 Å². The number of amides is 1. The third-order valence-corrected chi connectivity index (χ3v) is 7.77. The lowest BCUT2D eigenvalue weighted by atomic mass is 10.0. The van der Waals surface area contributed by atoms with Gasteiger partial charge < -0.3 is 14.9 Å². The van der Waals surface area contributed by atoms with E-state index in [4.69, 9.17) is 11.6 Å². The number of halogens is 3. The molecule has 3 heterocycles. The van der Waals surface area contributed by atoms with Gasteiger partial charge in [0.05, 0.1) is 10.5 Å². The highest BCUT2D eigenvalue weighted by Gasteiger charge is 2.31. The van der Waals surface area contributed by atoms with Gasteiger partial charge in [0.15, 0.2) is 0 Å². The Morgan fingerprint density at radius 2 is 2.03 bits per heavy atom. The lowest BCUT2D eigenvalue weighted by Gasteiger charge is -2.39. The third-order valence-electron chi connectivity index (χ3n) is 6.29. The van der Waals surface area contributed by atoms with Crippen molar-refractivity contribution in [3.05, 3.63) is 51.4 Å². The van der Waals surface area contributed by atoms with Gasteiger partial charge in [-0.3, -0.25) is 4.57 Å². The van der Waals surface area contributed by atoms with E-state index >= 15 is 0 Å². The van der Waals surface area contributed by atoms with Gasteiger partial charge in [0.25, 0.3) is 0 Å². The van der Waals surface area contributed by atoms with Crippen LogP contribution in [0.5, 0.6) is 0 Å². The first-order chi connectivity index (χ1) is 16.3. The van der Waals surface area contributed by atoms with E-state index in [0.717, 1.165) is 6.07 Å².